The topological polar surface area (TPSA) is 92.7 Å². The first-order chi connectivity index (χ1) is 9.34. The van der Waals surface area contributed by atoms with E-state index in [1.54, 1.807) is 11.1 Å². The van der Waals surface area contributed by atoms with Crippen LogP contribution >= 0.6 is 0 Å². The molecule has 1 N–H and O–H groups in total. The van der Waals surface area contributed by atoms with Crippen molar-refractivity contribution in [2.45, 2.75) is 31.7 Å². The van der Waals surface area contributed by atoms with Gasteiger partial charge in [-0.05, 0) is 56.3 Å². The monoisotopic (exact) mass is 301 g/mol. The van der Waals surface area contributed by atoms with Gasteiger partial charge >= 0.3 is 0 Å². The molecule has 0 bridgehead atoms. The third-order valence-corrected chi connectivity index (χ3v) is 4.23. The summed E-state index contributed by atoms with van der Waals surface area (Å²) in [6, 6.07) is 9.82. The Morgan fingerprint density at radius 1 is 1.15 bits per heavy atom. The first kappa shape index (κ1) is 15.7. The number of halogens is 1. The number of likely N-dealkylation sites (tertiary alicyclic amines) is 1. The summed E-state index contributed by atoms with van der Waals surface area (Å²) in [5, 5.41) is 0. The summed E-state index contributed by atoms with van der Waals surface area (Å²) in [5.41, 5.74) is 3.20. The van der Waals surface area contributed by atoms with Crippen LogP contribution in [0.5, 0.6) is 0 Å². The Morgan fingerprint density at radius 3 is 2.30 bits per heavy atom. The van der Waals surface area contributed by atoms with E-state index in [-0.39, 0.29) is 0 Å². The van der Waals surface area contributed by atoms with E-state index in [1.807, 2.05) is 0 Å². The summed E-state index contributed by atoms with van der Waals surface area (Å²) >= 11 is 0. The van der Waals surface area contributed by atoms with Gasteiger partial charge in [0.05, 0.1) is 14.9 Å². The van der Waals surface area contributed by atoms with E-state index in [2.05, 4.69) is 36.2 Å². The van der Waals surface area contributed by atoms with Crippen LogP contribution < -0.4 is 14.0 Å². The average molecular weight is 302 g/mol. The van der Waals surface area contributed by atoms with Crippen LogP contribution in [0.25, 0.3) is 0 Å². The molecule has 1 aliphatic carbocycles. The van der Waals surface area contributed by atoms with Gasteiger partial charge in [-0.1, -0.05) is 24.3 Å². The Hall–Kier alpha value is -0.690. The number of fused-ring (bicyclic) bond motifs is 2. The SMILES string of the molecule is CN1CCCC2Cc3ccccc3CC21.[O-][Cl+3]([O-])([O-])O. The molecule has 20 heavy (non-hydrogen) atoms. The van der Waals surface area contributed by atoms with Crippen molar-refractivity contribution in [3.8, 4) is 0 Å². The molecule has 2 unspecified atom stereocenters. The van der Waals surface area contributed by atoms with Gasteiger partial charge in [0.2, 0.25) is 0 Å². The molecule has 2 atom stereocenters. The maximum absolute atomic E-state index is 8.60. The van der Waals surface area contributed by atoms with Gasteiger partial charge in [-0.2, -0.15) is 14.0 Å². The minimum Gasteiger partial charge on any atom is -0.303 e. The van der Waals surface area contributed by atoms with Crippen molar-refractivity contribution >= 4 is 0 Å². The summed E-state index contributed by atoms with van der Waals surface area (Å²) in [6.07, 6.45) is 5.41. The lowest BCUT2D eigenvalue weighted by atomic mass is 9.75. The van der Waals surface area contributed by atoms with Crippen LogP contribution in [0.3, 0.4) is 0 Å². The quantitative estimate of drug-likeness (QED) is 0.621. The number of rotatable bonds is 0. The molecule has 1 aromatic carbocycles. The number of benzene rings is 1. The van der Waals surface area contributed by atoms with Gasteiger partial charge < -0.3 is 4.90 Å². The molecule has 5 nitrogen and oxygen atoms in total. The highest BCUT2D eigenvalue weighted by molar-refractivity contribution is 5.31. The Labute approximate surface area is 121 Å². The molecule has 1 aliphatic heterocycles. The third-order valence-electron chi connectivity index (χ3n) is 4.23. The summed E-state index contributed by atoms with van der Waals surface area (Å²) in [5.74, 6) is 0.915. The lowest BCUT2D eigenvalue weighted by Crippen LogP contribution is -2.58. The van der Waals surface area contributed by atoms with Crippen LogP contribution in [0.15, 0.2) is 24.3 Å². The first-order valence-corrected chi connectivity index (χ1v) is 8.01. The maximum atomic E-state index is 8.60. The summed E-state index contributed by atoms with van der Waals surface area (Å²) in [4.78, 5) is 2.57. The zero-order valence-corrected chi connectivity index (χ0v) is 12.3. The van der Waals surface area contributed by atoms with Gasteiger partial charge in [-0.3, -0.25) is 0 Å². The zero-order valence-electron chi connectivity index (χ0n) is 11.5. The molecule has 112 valence electrons. The molecule has 3 rings (SSSR count). The lowest BCUT2D eigenvalue weighted by molar-refractivity contribution is -1.92. The van der Waals surface area contributed by atoms with E-state index in [0.717, 1.165) is 12.0 Å². The minimum absolute atomic E-state index is 0.814. The molecule has 1 aromatic rings. The van der Waals surface area contributed by atoms with Gasteiger partial charge in [0.25, 0.3) is 0 Å². The van der Waals surface area contributed by atoms with E-state index >= 15 is 0 Å². The van der Waals surface area contributed by atoms with Gasteiger partial charge in [-0.15, -0.1) is 0 Å². The second-order valence-electron chi connectivity index (χ2n) is 5.52. The smallest absolute Gasteiger partial charge is 0.0777 e. The van der Waals surface area contributed by atoms with Gasteiger partial charge in [-0.25, -0.2) is 0 Å². The molecule has 1 saturated heterocycles. The number of likely N-dealkylation sites (N-methyl/N-ethyl adjacent to an activating group) is 1. The fourth-order valence-electron chi connectivity index (χ4n) is 3.35. The highest BCUT2D eigenvalue weighted by Gasteiger charge is 2.33. The molecular weight excluding hydrogens is 282 g/mol. The molecule has 1 heterocycles. The van der Waals surface area contributed by atoms with Crippen molar-refractivity contribution in [3.63, 3.8) is 0 Å². The van der Waals surface area contributed by atoms with E-state index < -0.39 is 10.2 Å². The third kappa shape index (κ3) is 4.41. The fraction of sp³-hybridized carbons (Fsp3) is 0.571. The van der Waals surface area contributed by atoms with Crippen LogP contribution in [0, 0.1) is 16.2 Å². The van der Waals surface area contributed by atoms with E-state index in [9.17, 15) is 0 Å². The van der Waals surface area contributed by atoms with Crippen molar-refractivity contribution in [3.05, 3.63) is 35.4 Å². The van der Waals surface area contributed by atoms with E-state index in [4.69, 9.17) is 18.6 Å². The summed E-state index contributed by atoms with van der Waals surface area (Å²) in [7, 11) is -2.40. The number of hydrogen-bond acceptors (Lipinski definition) is 5. The van der Waals surface area contributed by atoms with Crippen molar-refractivity contribution in [1.29, 1.82) is 0 Å². The number of nitrogens with zero attached hydrogens (tertiary/aromatic N) is 1. The van der Waals surface area contributed by atoms with E-state index in [0.29, 0.717) is 0 Å². The van der Waals surface area contributed by atoms with Crippen LogP contribution in [0.1, 0.15) is 24.0 Å². The Morgan fingerprint density at radius 2 is 1.70 bits per heavy atom. The molecule has 0 aromatic heterocycles. The Balaban J connectivity index is 0.000000257. The van der Waals surface area contributed by atoms with E-state index in [1.165, 1.54) is 32.2 Å². The largest absolute Gasteiger partial charge is 0.303 e. The van der Waals surface area contributed by atoms with Crippen molar-refractivity contribution < 1.29 is 28.9 Å². The number of hydrogen-bond donors (Lipinski definition) is 1. The predicted molar refractivity (Wildman–Crippen MR) is 65.2 cm³/mol. The Bertz CT molecular complexity index is 443. The van der Waals surface area contributed by atoms with Crippen molar-refractivity contribution in [2.75, 3.05) is 13.6 Å². The normalized spacial score (nSPS) is 26.1. The van der Waals surface area contributed by atoms with Gasteiger partial charge in [0, 0.05) is 6.04 Å². The zero-order chi connectivity index (χ0) is 14.8. The lowest BCUT2D eigenvalue weighted by Gasteiger charge is -2.42. The number of piperidine rings is 1. The standard InChI is InChI=1S/C14H19N.ClHO4/c1-15-8-4-7-13-9-11-5-2-3-6-12(11)10-14(13)15;2-1(3,4)5/h2-3,5-6,13-14H,4,7-10H2,1H3;(H,2,3,4,5). The highest BCUT2D eigenvalue weighted by atomic mass is 35.7. The molecule has 0 amide bonds. The first-order valence-electron chi connectivity index (χ1n) is 6.75. The summed E-state index contributed by atoms with van der Waals surface area (Å²) in [6.45, 7) is 1.29. The second kappa shape index (κ2) is 6.39. The van der Waals surface area contributed by atoms with Gasteiger partial charge in [0.1, 0.15) is 0 Å². The van der Waals surface area contributed by atoms with Crippen molar-refractivity contribution in [2.24, 2.45) is 5.92 Å². The van der Waals surface area contributed by atoms with Crippen LogP contribution in [0.2, 0.25) is 0 Å². The van der Waals surface area contributed by atoms with Crippen LogP contribution in [-0.2, 0) is 12.8 Å². The average Bonchev–Trinajstić information content (AvgIpc) is 2.35. The molecule has 0 saturated carbocycles. The molecule has 2 aliphatic rings. The molecule has 1 fully saturated rings. The molecule has 0 radical (unpaired) electrons. The second-order valence-corrected chi connectivity index (χ2v) is 6.32. The minimum atomic E-state index is -4.69. The van der Waals surface area contributed by atoms with Crippen molar-refractivity contribution in [1.82, 2.24) is 4.90 Å². The molecular formula is C14H20ClNO4. The van der Waals surface area contributed by atoms with Crippen LogP contribution in [0.4, 0.5) is 0 Å². The predicted octanol–water partition coefficient (Wildman–Crippen LogP) is -1.63. The highest BCUT2D eigenvalue weighted by Crippen LogP contribution is 2.33. The molecule has 0 spiro atoms. The maximum Gasteiger partial charge on any atom is 0.0777 e. The molecule has 6 heteroatoms. The fourth-order valence-corrected chi connectivity index (χ4v) is 3.35. The Kier molecular flexibility index (Phi) is 5.01. The van der Waals surface area contributed by atoms with Gasteiger partial charge in [0.15, 0.2) is 0 Å². The van der Waals surface area contributed by atoms with Crippen LogP contribution in [-0.4, -0.2) is 29.2 Å². The summed E-state index contributed by atoms with van der Waals surface area (Å²) < 4.78 is 32.7.